The second-order valence-corrected chi connectivity index (χ2v) is 5.86. The smallest absolute Gasteiger partial charge is 0.174 e. The molecule has 0 aliphatic carbocycles. The quantitative estimate of drug-likeness (QED) is 0.868. The largest absolute Gasteiger partial charge is 0.479 e. The molecule has 19 heavy (non-hydrogen) atoms. The number of ether oxygens (including phenoxy) is 1. The molecule has 3 nitrogen and oxygen atoms in total. The molecule has 98 valence electrons. The summed E-state index contributed by atoms with van der Waals surface area (Å²) in [6.07, 6.45) is 0. The monoisotopic (exact) mass is 336 g/mol. The maximum Gasteiger partial charge on any atom is 0.174 e. The van der Waals surface area contributed by atoms with Gasteiger partial charge in [-0.1, -0.05) is 0 Å². The van der Waals surface area contributed by atoms with Gasteiger partial charge in [-0.15, -0.1) is 11.3 Å². The Kier molecular flexibility index (Phi) is 4.83. The lowest BCUT2D eigenvalue weighted by Gasteiger charge is -2.14. The van der Waals surface area contributed by atoms with Gasteiger partial charge in [-0.2, -0.15) is 5.26 Å². The maximum absolute atomic E-state index is 8.44. The van der Waals surface area contributed by atoms with E-state index in [2.05, 4.69) is 39.6 Å². The molecule has 0 saturated heterocycles. The zero-order valence-corrected chi connectivity index (χ0v) is 12.8. The van der Waals surface area contributed by atoms with E-state index in [-0.39, 0.29) is 12.6 Å². The van der Waals surface area contributed by atoms with Gasteiger partial charge in [-0.25, -0.2) is 0 Å². The number of hydrogen-bond acceptors (Lipinski definition) is 4. The highest BCUT2D eigenvalue weighted by atomic mass is 79.9. The molecule has 1 atom stereocenters. The van der Waals surface area contributed by atoms with Crippen LogP contribution in [0.1, 0.15) is 17.8 Å². The first-order chi connectivity index (χ1) is 9.19. The summed E-state index contributed by atoms with van der Waals surface area (Å²) in [7, 11) is 0. The Bertz CT molecular complexity index is 574. The van der Waals surface area contributed by atoms with Gasteiger partial charge in [-0.05, 0) is 53.2 Å². The summed E-state index contributed by atoms with van der Waals surface area (Å²) < 4.78 is 6.32. The van der Waals surface area contributed by atoms with Gasteiger partial charge in [0.2, 0.25) is 0 Å². The summed E-state index contributed by atoms with van der Waals surface area (Å²) >= 11 is 5.18. The SMILES string of the molecule is CC(Nc1ccc(OCC#N)cc1)c1cc(Br)cs1. The molecule has 0 bridgehead atoms. The number of nitrogens with one attached hydrogen (secondary N) is 1. The lowest BCUT2D eigenvalue weighted by Crippen LogP contribution is -2.04. The van der Waals surface area contributed by atoms with E-state index in [0.29, 0.717) is 5.75 Å². The van der Waals surface area contributed by atoms with Crippen LogP contribution in [0.2, 0.25) is 0 Å². The van der Waals surface area contributed by atoms with Crippen LogP contribution >= 0.6 is 27.3 Å². The van der Waals surface area contributed by atoms with Crippen molar-refractivity contribution in [1.82, 2.24) is 0 Å². The van der Waals surface area contributed by atoms with Gasteiger partial charge in [0, 0.05) is 20.4 Å². The molecule has 5 heteroatoms. The van der Waals surface area contributed by atoms with E-state index >= 15 is 0 Å². The van der Waals surface area contributed by atoms with E-state index < -0.39 is 0 Å². The molecule has 1 heterocycles. The molecular formula is C14H13BrN2OS. The first kappa shape index (κ1) is 13.9. The topological polar surface area (TPSA) is 45.0 Å². The van der Waals surface area contributed by atoms with Crippen molar-refractivity contribution in [3.05, 3.63) is 45.1 Å². The normalized spacial score (nSPS) is 11.6. The van der Waals surface area contributed by atoms with Crippen LogP contribution in [-0.4, -0.2) is 6.61 Å². The van der Waals surface area contributed by atoms with Crippen molar-refractivity contribution in [3.63, 3.8) is 0 Å². The first-order valence-corrected chi connectivity index (χ1v) is 7.46. The zero-order chi connectivity index (χ0) is 13.7. The molecule has 1 N–H and O–H groups in total. The van der Waals surface area contributed by atoms with Crippen LogP contribution in [0.3, 0.4) is 0 Å². The van der Waals surface area contributed by atoms with E-state index in [9.17, 15) is 0 Å². The molecule has 0 radical (unpaired) electrons. The molecule has 2 aromatic rings. The third-order valence-electron chi connectivity index (χ3n) is 2.56. The Hall–Kier alpha value is -1.51. The Balaban J connectivity index is 1.97. The predicted octanol–water partition coefficient (Wildman–Crippen LogP) is 4.59. The van der Waals surface area contributed by atoms with Gasteiger partial charge < -0.3 is 10.1 Å². The van der Waals surface area contributed by atoms with Gasteiger partial charge in [0.1, 0.15) is 11.8 Å². The third kappa shape index (κ3) is 3.98. The fourth-order valence-corrected chi connectivity index (χ4v) is 3.09. The van der Waals surface area contributed by atoms with Crippen LogP contribution in [0.5, 0.6) is 5.75 Å². The molecular weight excluding hydrogens is 324 g/mol. The van der Waals surface area contributed by atoms with Crippen LogP contribution in [-0.2, 0) is 0 Å². The highest BCUT2D eigenvalue weighted by Crippen LogP contribution is 2.28. The summed E-state index contributed by atoms with van der Waals surface area (Å²) in [4.78, 5) is 1.27. The number of halogens is 1. The van der Waals surface area contributed by atoms with Gasteiger partial charge in [0.25, 0.3) is 0 Å². The molecule has 0 saturated carbocycles. The molecule has 1 aromatic heterocycles. The second kappa shape index (κ2) is 6.60. The molecule has 1 aromatic carbocycles. The van der Waals surface area contributed by atoms with Crippen LogP contribution < -0.4 is 10.1 Å². The second-order valence-electron chi connectivity index (χ2n) is 4.00. The predicted molar refractivity (Wildman–Crippen MR) is 81.6 cm³/mol. The van der Waals surface area contributed by atoms with Crippen molar-refractivity contribution in [2.24, 2.45) is 0 Å². The van der Waals surface area contributed by atoms with Crippen molar-refractivity contribution < 1.29 is 4.74 Å². The summed E-state index contributed by atoms with van der Waals surface area (Å²) in [5.41, 5.74) is 1.03. The molecule has 1 unspecified atom stereocenters. The van der Waals surface area contributed by atoms with Crippen LogP contribution in [0.15, 0.2) is 40.2 Å². The zero-order valence-electron chi connectivity index (χ0n) is 10.4. The number of anilines is 1. The Labute approximate surface area is 125 Å². The number of benzene rings is 1. The van der Waals surface area contributed by atoms with E-state index in [0.717, 1.165) is 10.2 Å². The lowest BCUT2D eigenvalue weighted by atomic mass is 10.2. The molecule has 2 rings (SSSR count). The minimum Gasteiger partial charge on any atom is -0.479 e. The molecule has 0 fully saturated rings. The van der Waals surface area contributed by atoms with Gasteiger partial charge in [0.15, 0.2) is 6.61 Å². The van der Waals surface area contributed by atoms with E-state index in [4.69, 9.17) is 10.00 Å². The van der Waals surface area contributed by atoms with Crippen molar-refractivity contribution in [2.75, 3.05) is 11.9 Å². The van der Waals surface area contributed by atoms with Crippen LogP contribution in [0.4, 0.5) is 5.69 Å². The highest BCUT2D eigenvalue weighted by molar-refractivity contribution is 9.10. The minimum absolute atomic E-state index is 0.0758. The first-order valence-electron chi connectivity index (χ1n) is 5.79. The number of rotatable bonds is 5. The van der Waals surface area contributed by atoms with Crippen molar-refractivity contribution in [2.45, 2.75) is 13.0 Å². The fraction of sp³-hybridized carbons (Fsp3) is 0.214. The summed E-state index contributed by atoms with van der Waals surface area (Å²) in [6.45, 7) is 2.20. The van der Waals surface area contributed by atoms with Gasteiger partial charge in [-0.3, -0.25) is 0 Å². The van der Waals surface area contributed by atoms with Crippen molar-refractivity contribution in [3.8, 4) is 11.8 Å². The summed E-state index contributed by atoms with van der Waals surface area (Å²) in [6, 6.07) is 11.9. The highest BCUT2D eigenvalue weighted by Gasteiger charge is 2.07. The maximum atomic E-state index is 8.44. The minimum atomic E-state index is 0.0758. The Morgan fingerprint density at radius 1 is 1.42 bits per heavy atom. The molecule has 0 spiro atoms. The summed E-state index contributed by atoms with van der Waals surface area (Å²) in [5, 5.41) is 13.9. The Morgan fingerprint density at radius 2 is 2.16 bits per heavy atom. The standard InChI is InChI=1S/C14H13BrN2OS/c1-10(14-8-11(15)9-19-14)17-12-2-4-13(5-3-12)18-7-6-16/h2-5,8-10,17H,7H2,1H3. The van der Waals surface area contributed by atoms with Gasteiger partial charge >= 0.3 is 0 Å². The van der Waals surface area contributed by atoms with Crippen LogP contribution in [0, 0.1) is 11.3 Å². The number of nitriles is 1. The number of thiophene rings is 1. The average molecular weight is 337 g/mol. The third-order valence-corrected chi connectivity index (χ3v) is 4.43. The number of hydrogen-bond donors (Lipinski definition) is 1. The average Bonchev–Trinajstić information content (AvgIpc) is 2.85. The van der Waals surface area contributed by atoms with E-state index in [1.165, 1.54) is 4.88 Å². The summed E-state index contributed by atoms with van der Waals surface area (Å²) in [5.74, 6) is 0.707. The Morgan fingerprint density at radius 3 is 2.74 bits per heavy atom. The molecule has 0 amide bonds. The molecule has 0 aliphatic rings. The van der Waals surface area contributed by atoms with Crippen molar-refractivity contribution in [1.29, 1.82) is 5.26 Å². The number of nitrogens with zero attached hydrogens (tertiary/aromatic N) is 1. The van der Waals surface area contributed by atoms with Crippen LogP contribution in [0.25, 0.3) is 0 Å². The lowest BCUT2D eigenvalue weighted by molar-refractivity contribution is 0.368. The van der Waals surface area contributed by atoms with Gasteiger partial charge in [0.05, 0.1) is 6.04 Å². The van der Waals surface area contributed by atoms with Crippen molar-refractivity contribution >= 4 is 33.0 Å². The molecule has 0 aliphatic heterocycles. The van der Waals surface area contributed by atoms with E-state index in [1.54, 1.807) is 11.3 Å². The fourth-order valence-electron chi connectivity index (χ4n) is 1.64. The van der Waals surface area contributed by atoms with E-state index in [1.807, 2.05) is 30.3 Å².